The lowest BCUT2D eigenvalue weighted by Gasteiger charge is -2.34. The average Bonchev–Trinajstić information content (AvgIpc) is 3.20. The first-order valence-electron chi connectivity index (χ1n) is 11.7. The third-order valence-corrected chi connectivity index (χ3v) is 7.54. The van der Waals surface area contributed by atoms with Gasteiger partial charge >= 0.3 is 0 Å². The predicted molar refractivity (Wildman–Crippen MR) is 138 cm³/mol. The van der Waals surface area contributed by atoms with Gasteiger partial charge in [0.15, 0.2) is 0 Å². The number of nitrogen functional groups attached to an aromatic ring is 1. The number of carbonyl (C=O) groups excluding carboxylic acids is 1. The number of amides is 1. The summed E-state index contributed by atoms with van der Waals surface area (Å²) in [5.74, 6) is 1.19. The number of rotatable bonds is 9. The molecule has 0 aliphatic carbocycles. The van der Waals surface area contributed by atoms with Crippen molar-refractivity contribution < 1.29 is 14.6 Å². The summed E-state index contributed by atoms with van der Waals surface area (Å²) in [5.41, 5.74) is 14.2. The third-order valence-electron chi connectivity index (χ3n) is 6.43. The van der Waals surface area contributed by atoms with E-state index in [9.17, 15) is 9.90 Å². The summed E-state index contributed by atoms with van der Waals surface area (Å²) in [6, 6.07) is 9.96. The molecule has 1 fully saturated rings. The van der Waals surface area contributed by atoms with Crippen LogP contribution in [0.15, 0.2) is 30.3 Å². The molecule has 1 aliphatic heterocycles. The number of ether oxygens (including phenoxy) is 1. The number of aryl methyl sites for hydroxylation is 1. The number of piperidine rings is 1. The number of nitrogens with one attached hydrogen (secondary N) is 1. The van der Waals surface area contributed by atoms with Crippen LogP contribution >= 0.6 is 11.3 Å². The molecular weight excluding hydrogens is 450 g/mol. The number of nitrogens with two attached hydrogens (primary N) is 2. The van der Waals surface area contributed by atoms with E-state index in [-0.39, 0.29) is 0 Å². The largest absolute Gasteiger partial charge is 0.497 e. The van der Waals surface area contributed by atoms with Crippen molar-refractivity contribution in [1.29, 1.82) is 0 Å². The van der Waals surface area contributed by atoms with Gasteiger partial charge in [-0.2, -0.15) is 0 Å². The normalized spacial score (nSPS) is 15.6. The van der Waals surface area contributed by atoms with Crippen molar-refractivity contribution in [1.82, 2.24) is 10.3 Å². The number of anilines is 2. The predicted octanol–water partition coefficient (Wildman–Crippen LogP) is 3.23. The molecule has 0 saturated carbocycles. The fraction of sp³-hybridized carbons (Fsp3) is 0.440. The summed E-state index contributed by atoms with van der Waals surface area (Å²) in [6.45, 7) is 4.36. The highest BCUT2D eigenvalue weighted by atomic mass is 32.1. The molecule has 1 saturated heterocycles. The van der Waals surface area contributed by atoms with Gasteiger partial charge in [-0.25, -0.2) is 4.98 Å². The first-order valence-corrected chi connectivity index (χ1v) is 12.5. The molecule has 9 heteroatoms. The molecule has 1 aromatic carbocycles. The van der Waals surface area contributed by atoms with Crippen LogP contribution in [0.2, 0.25) is 0 Å². The van der Waals surface area contributed by atoms with Gasteiger partial charge < -0.3 is 31.5 Å². The van der Waals surface area contributed by atoms with Gasteiger partial charge in [0.05, 0.1) is 18.9 Å². The summed E-state index contributed by atoms with van der Waals surface area (Å²) in [4.78, 5) is 20.1. The van der Waals surface area contributed by atoms with E-state index < -0.39 is 12.0 Å². The van der Waals surface area contributed by atoms with E-state index in [0.29, 0.717) is 23.2 Å². The first-order chi connectivity index (χ1) is 16.4. The van der Waals surface area contributed by atoms with E-state index in [4.69, 9.17) is 21.2 Å². The highest BCUT2D eigenvalue weighted by Gasteiger charge is 2.24. The number of pyridine rings is 1. The van der Waals surface area contributed by atoms with Crippen molar-refractivity contribution >= 4 is 39.0 Å². The lowest BCUT2D eigenvalue weighted by atomic mass is 10.0. The van der Waals surface area contributed by atoms with Crippen molar-refractivity contribution in [3.63, 3.8) is 0 Å². The smallest absolute Gasteiger partial charge is 0.260 e. The van der Waals surface area contributed by atoms with Gasteiger partial charge in [0.25, 0.3) is 5.91 Å². The summed E-state index contributed by atoms with van der Waals surface area (Å²) in [7, 11) is 1.63. The number of benzene rings is 1. The Morgan fingerprint density at radius 3 is 2.65 bits per heavy atom. The van der Waals surface area contributed by atoms with Gasteiger partial charge in [-0.05, 0) is 48.6 Å². The third kappa shape index (κ3) is 5.11. The Hall–Kier alpha value is -2.88. The van der Waals surface area contributed by atoms with Crippen molar-refractivity contribution in [2.24, 2.45) is 5.73 Å². The SMILES string of the molecule is CCCc1cc(N2CCC(NCC(O)c3ccc(OC)cc3)CC2)nc2sc(C(N)=O)c(N)c12. The summed E-state index contributed by atoms with van der Waals surface area (Å²) < 4.78 is 5.18. The molecule has 4 rings (SSSR count). The number of carbonyl (C=O) groups is 1. The Morgan fingerprint density at radius 1 is 1.32 bits per heavy atom. The number of aromatic nitrogens is 1. The number of aliphatic hydroxyl groups excluding tert-OH is 1. The van der Waals surface area contributed by atoms with E-state index in [0.717, 1.165) is 71.7 Å². The Labute approximate surface area is 203 Å². The van der Waals surface area contributed by atoms with Crippen molar-refractivity contribution in [3.05, 3.63) is 46.3 Å². The monoisotopic (exact) mass is 483 g/mol. The number of hydrogen-bond donors (Lipinski definition) is 4. The number of primary amides is 1. The summed E-state index contributed by atoms with van der Waals surface area (Å²) >= 11 is 1.28. The van der Waals surface area contributed by atoms with Crippen LogP contribution in [0, 0.1) is 0 Å². The molecule has 6 N–H and O–H groups in total. The molecule has 1 aliphatic rings. The molecule has 1 unspecified atom stereocenters. The number of nitrogens with zero attached hydrogens (tertiary/aromatic N) is 2. The zero-order valence-corrected chi connectivity index (χ0v) is 20.5. The second-order valence-corrected chi connectivity index (χ2v) is 9.74. The Morgan fingerprint density at radius 2 is 2.03 bits per heavy atom. The lowest BCUT2D eigenvalue weighted by molar-refractivity contribution is 0.100. The molecule has 182 valence electrons. The zero-order valence-electron chi connectivity index (χ0n) is 19.7. The highest BCUT2D eigenvalue weighted by molar-refractivity contribution is 7.21. The first kappa shape index (κ1) is 24.3. The number of fused-ring (bicyclic) bond motifs is 1. The molecule has 1 atom stereocenters. The average molecular weight is 484 g/mol. The van der Waals surface area contributed by atoms with E-state index >= 15 is 0 Å². The van der Waals surface area contributed by atoms with Gasteiger partial charge in [0, 0.05) is 31.1 Å². The molecule has 2 aromatic heterocycles. The van der Waals surface area contributed by atoms with E-state index in [1.165, 1.54) is 11.3 Å². The van der Waals surface area contributed by atoms with Crippen LogP contribution in [0.3, 0.4) is 0 Å². The molecule has 34 heavy (non-hydrogen) atoms. The van der Waals surface area contributed by atoms with Crippen LogP contribution in [0.1, 0.15) is 53.1 Å². The Bertz CT molecular complexity index is 1140. The van der Waals surface area contributed by atoms with E-state index in [2.05, 4.69) is 23.2 Å². The van der Waals surface area contributed by atoms with Gasteiger partial charge in [-0.1, -0.05) is 25.5 Å². The van der Waals surface area contributed by atoms with Crippen LogP contribution in [-0.4, -0.2) is 48.8 Å². The Kier molecular flexibility index (Phi) is 7.55. The lowest BCUT2D eigenvalue weighted by Crippen LogP contribution is -2.44. The van der Waals surface area contributed by atoms with Crippen LogP contribution < -0.4 is 26.4 Å². The van der Waals surface area contributed by atoms with E-state index in [1.54, 1.807) is 7.11 Å². The van der Waals surface area contributed by atoms with Crippen molar-refractivity contribution in [3.8, 4) is 5.75 Å². The second-order valence-electron chi connectivity index (χ2n) is 8.74. The van der Waals surface area contributed by atoms with Gasteiger partial charge in [0.1, 0.15) is 21.3 Å². The molecule has 1 amide bonds. The number of aliphatic hydroxyl groups is 1. The Balaban J connectivity index is 1.40. The summed E-state index contributed by atoms with van der Waals surface area (Å²) in [5, 5.41) is 14.9. The molecule has 8 nitrogen and oxygen atoms in total. The van der Waals surface area contributed by atoms with Crippen LogP contribution in [-0.2, 0) is 6.42 Å². The second kappa shape index (κ2) is 10.6. The zero-order chi connectivity index (χ0) is 24.2. The molecule has 0 bridgehead atoms. The van der Waals surface area contributed by atoms with Crippen molar-refractivity contribution in [2.75, 3.05) is 37.4 Å². The molecule has 3 heterocycles. The molecule has 0 radical (unpaired) electrons. The molecule has 3 aromatic rings. The fourth-order valence-corrected chi connectivity index (χ4v) is 5.52. The minimum atomic E-state index is -0.562. The van der Waals surface area contributed by atoms with Gasteiger partial charge in [-0.15, -0.1) is 11.3 Å². The summed E-state index contributed by atoms with van der Waals surface area (Å²) in [6.07, 6.45) is 3.19. The van der Waals surface area contributed by atoms with Gasteiger partial charge in [0.2, 0.25) is 0 Å². The van der Waals surface area contributed by atoms with Crippen LogP contribution in [0.5, 0.6) is 5.75 Å². The van der Waals surface area contributed by atoms with E-state index in [1.807, 2.05) is 24.3 Å². The minimum Gasteiger partial charge on any atom is -0.497 e. The topological polar surface area (TPSA) is 127 Å². The number of hydrogen-bond acceptors (Lipinski definition) is 8. The van der Waals surface area contributed by atoms with Crippen LogP contribution in [0.4, 0.5) is 11.5 Å². The number of methoxy groups -OCH3 is 1. The van der Waals surface area contributed by atoms with Crippen LogP contribution in [0.25, 0.3) is 10.2 Å². The maximum absolute atomic E-state index is 11.8. The fourth-order valence-electron chi connectivity index (χ4n) is 4.53. The van der Waals surface area contributed by atoms with Crippen molar-refractivity contribution in [2.45, 2.75) is 44.8 Å². The van der Waals surface area contributed by atoms with Gasteiger partial charge in [-0.3, -0.25) is 4.79 Å². The molecular formula is C25H33N5O3S. The number of thiophene rings is 1. The molecule has 0 spiro atoms. The quantitative estimate of drug-likeness (QED) is 0.368. The standard InChI is InChI=1S/C25H33N5O3S/c1-3-4-16-13-20(29-25-21(16)22(26)23(34-25)24(27)32)30-11-9-17(10-12-30)28-14-19(31)15-5-7-18(33-2)8-6-15/h5-8,13,17,19,28,31H,3-4,9-12,14,26H2,1-2H3,(H2,27,32). The highest BCUT2D eigenvalue weighted by Crippen LogP contribution is 2.37. The maximum Gasteiger partial charge on any atom is 0.260 e. The minimum absolute atomic E-state index is 0.335. The maximum atomic E-state index is 11.8.